The van der Waals surface area contributed by atoms with Crippen LogP contribution in [0.2, 0.25) is 0 Å². The van der Waals surface area contributed by atoms with Crippen LogP contribution in [0, 0.1) is 0 Å². The molecule has 8 heteroatoms. The Morgan fingerprint density at radius 2 is 1.41 bits per heavy atom. The van der Waals surface area contributed by atoms with Gasteiger partial charge in [0.15, 0.2) is 0 Å². The highest BCUT2D eigenvalue weighted by Gasteiger charge is 2.45. The fraction of sp³-hybridized carbons (Fsp3) is 0.905. The molecular weight excluding hydrogens is 380 g/mol. The Morgan fingerprint density at radius 1 is 0.828 bits per heavy atom. The van der Waals surface area contributed by atoms with Gasteiger partial charge in [0.25, 0.3) is 5.79 Å². The lowest BCUT2D eigenvalue weighted by atomic mass is 10.1. The molecule has 0 aromatic carbocycles. The molecule has 29 heavy (non-hydrogen) atoms. The quantitative estimate of drug-likeness (QED) is 0.137. The predicted molar refractivity (Wildman–Crippen MR) is 108 cm³/mol. The Labute approximate surface area is 175 Å². The summed E-state index contributed by atoms with van der Waals surface area (Å²) in [4.78, 5) is 44.2. The molecule has 172 valence electrons. The van der Waals surface area contributed by atoms with E-state index in [1.807, 2.05) is 27.7 Å². The molecule has 0 aromatic rings. The van der Waals surface area contributed by atoms with Gasteiger partial charge in [-0.25, -0.2) is 9.59 Å². The minimum Gasteiger partial charge on any atom is -0.338 e. The minimum atomic E-state index is -1.65. The summed E-state index contributed by atoms with van der Waals surface area (Å²) in [5, 5.41) is 0. The Balaban J connectivity index is 4.97. The smallest absolute Gasteiger partial charge is 0.338 e. The molecule has 0 bridgehead atoms. The maximum absolute atomic E-state index is 12.8. The molecule has 0 aromatic heterocycles. The second-order valence-corrected chi connectivity index (χ2v) is 7.29. The summed E-state index contributed by atoms with van der Waals surface area (Å²) < 4.78 is 11.8. The lowest BCUT2D eigenvalue weighted by Gasteiger charge is -2.34. The van der Waals surface area contributed by atoms with Crippen LogP contribution in [0.15, 0.2) is 0 Å². The van der Waals surface area contributed by atoms with Gasteiger partial charge in [0, 0.05) is 12.8 Å². The topological polar surface area (TPSA) is 89.5 Å². The fourth-order valence-corrected chi connectivity index (χ4v) is 2.31. The number of carbonyl (C=O) groups is 2. The van der Waals surface area contributed by atoms with Crippen LogP contribution in [0.3, 0.4) is 0 Å². The summed E-state index contributed by atoms with van der Waals surface area (Å²) in [7, 11) is 0. The number of carbonyl (C=O) groups excluding carboxylic acids is 2. The van der Waals surface area contributed by atoms with Crippen LogP contribution in [0.4, 0.5) is 0 Å². The van der Waals surface area contributed by atoms with Gasteiger partial charge < -0.3 is 9.47 Å². The highest BCUT2D eigenvalue weighted by Crippen LogP contribution is 2.28. The lowest BCUT2D eigenvalue weighted by molar-refractivity contribution is -0.329. The summed E-state index contributed by atoms with van der Waals surface area (Å²) in [5.74, 6) is -2.91. The maximum Gasteiger partial charge on any atom is 0.401 e. The van der Waals surface area contributed by atoms with Gasteiger partial charge in [-0.2, -0.15) is 9.78 Å². The van der Waals surface area contributed by atoms with Crippen molar-refractivity contribution in [3.05, 3.63) is 0 Å². The SMILES string of the molecule is CCCCOOC(=O)CCCC(OC(C)C)(OC(C)CC)C(=O)OOCCCC. The number of ether oxygens (including phenoxy) is 2. The van der Waals surface area contributed by atoms with E-state index in [-0.39, 0.29) is 25.0 Å². The van der Waals surface area contributed by atoms with Gasteiger partial charge in [-0.3, -0.25) is 9.78 Å². The van der Waals surface area contributed by atoms with Crippen molar-refractivity contribution in [3.8, 4) is 0 Å². The summed E-state index contributed by atoms with van der Waals surface area (Å²) in [6.07, 6.45) is 4.04. The third-order valence-electron chi connectivity index (χ3n) is 4.04. The molecule has 0 aliphatic rings. The van der Waals surface area contributed by atoms with Crippen molar-refractivity contribution in [3.63, 3.8) is 0 Å². The van der Waals surface area contributed by atoms with Crippen LogP contribution in [0.1, 0.15) is 92.9 Å². The van der Waals surface area contributed by atoms with Crippen LogP contribution < -0.4 is 0 Å². The van der Waals surface area contributed by atoms with E-state index in [1.165, 1.54) is 0 Å². The first-order valence-corrected chi connectivity index (χ1v) is 10.8. The molecule has 2 atom stereocenters. The molecule has 0 saturated carbocycles. The highest BCUT2D eigenvalue weighted by atomic mass is 17.2. The van der Waals surface area contributed by atoms with Crippen molar-refractivity contribution in [1.82, 2.24) is 0 Å². The van der Waals surface area contributed by atoms with Crippen LogP contribution >= 0.6 is 0 Å². The van der Waals surface area contributed by atoms with Gasteiger partial charge >= 0.3 is 11.9 Å². The Hall–Kier alpha value is -1.22. The average Bonchev–Trinajstić information content (AvgIpc) is 2.67. The number of rotatable bonds is 18. The first-order valence-electron chi connectivity index (χ1n) is 10.8. The average molecular weight is 421 g/mol. The Morgan fingerprint density at radius 3 is 1.93 bits per heavy atom. The molecule has 0 amide bonds. The maximum atomic E-state index is 12.8. The third kappa shape index (κ3) is 12.8. The molecule has 0 rings (SSSR count). The highest BCUT2D eigenvalue weighted by molar-refractivity contribution is 5.77. The van der Waals surface area contributed by atoms with Crippen molar-refractivity contribution >= 4 is 11.9 Å². The zero-order valence-electron chi connectivity index (χ0n) is 19.0. The van der Waals surface area contributed by atoms with Crippen LogP contribution in [0.25, 0.3) is 0 Å². The van der Waals surface area contributed by atoms with E-state index in [4.69, 9.17) is 29.0 Å². The van der Waals surface area contributed by atoms with Gasteiger partial charge in [0.1, 0.15) is 0 Å². The molecule has 0 saturated heterocycles. The molecule has 0 aliphatic heterocycles. The lowest BCUT2D eigenvalue weighted by Crippen LogP contribution is -2.49. The van der Waals surface area contributed by atoms with Gasteiger partial charge in [-0.1, -0.05) is 33.6 Å². The molecule has 0 radical (unpaired) electrons. The molecule has 0 aliphatic carbocycles. The van der Waals surface area contributed by atoms with E-state index < -0.39 is 17.7 Å². The first-order chi connectivity index (χ1) is 13.8. The van der Waals surface area contributed by atoms with E-state index in [1.54, 1.807) is 13.8 Å². The number of hydrogen-bond acceptors (Lipinski definition) is 8. The standard InChI is InChI=1S/C21H40O8/c1-7-10-15-24-28-19(22)13-12-14-21(26-17(4)5,27-18(6)9-3)20(23)29-25-16-11-8-2/h17-18H,7-16H2,1-6H3. The largest absolute Gasteiger partial charge is 0.401 e. The van der Waals surface area contributed by atoms with Crippen LogP contribution in [0.5, 0.6) is 0 Å². The zero-order chi connectivity index (χ0) is 22.1. The van der Waals surface area contributed by atoms with Crippen molar-refractivity contribution in [2.24, 2.45) is 0 Å². The molecule has 0 N–H and O–H groups in total. The summed E-state index contributed by atoms with van der Waals surface area (Å²) in [6, 6.07) is 0. The van der Waals surface area contributed by atoms with Crippen molar-refractivity contribution in [2.75, 3.05) is 13.2 Å². The van der Waals surface area contributed by atoms with Gasteiger partial charge in [-0.15, -0.1) is 0 Å². The predicted octanol–water partition coefficient (Wildman–Crippen LogP) is 4.64. The second kappa shape index (κ2) is 16.6. The second-order valence-electron chi connectivity index (χ2n) is 7.29. The Bertz CT molecular complexity index is 440. The van der Waals surface area contributed by atoms with E-state index in [0.29, 0.717) is 26.1 Å². The summed E-state index contributed by atoms with van der Waals surface area (Å²) in [5.41, 5.74) is 0. The Kier molecular flexibility index (Phi) is 15.9. The van der Waals surface area contributed by atoms with Gasteiger partial charge in [0.05, 0.1) is 25.4 Å². The number of hydrogen-bond donors (Lipinski definition) is 0. The van der Waals surface area contributed by atoms with Crippen molar-refractivity contribution in [1.29, 1.82) is 0 Å². The zero-order valence-corrected chi connectivity index (χ0v) is 19.0. The van der Waals surface area contributed by atoms with Crippen molar-refractivity contribution < 1.29 is 38.6 Å². The van der Waals surface area contributed by atoms with Crippen LogP contribution in [-0.2, 0) is 38.6 Å². The number of unbranched alkanes of at least 4 members (excludes halogenated alkanes) is 2. The van der Waals surface area contributed by atoms with Gasteiger partial charge in [-0.05, 0) is 46.5 Å². The molecule has 0 spiro atoms. The van der Waals surface area contributed by atoms with E-state index in [9.17, 15) is 9.59 Å². The monoisotopic (exact) mass is 420 g/mol. The van der Waals surface area contributed by atoms with Crippen LogP contribution in [-0.4, -0.2) is 43.1 Å². The molecule has 0 fully saturated rings. The summed E-state index contributed by atoms with van der Waals surface area (Å²) in [6.45, 7) is 12.1. The minimum absolute atomic E-state index is 0.0587. The van der Waals surface area contributed by atoms with Gasteiger partial charge in [0.2, 0.25) is 0 Å². The van der Waals surface area contributed by atoms with E-state index >= 15 is 0 Å². The first kappa shape index (κ1) is 27.8. The van der Waals surface area contributed by atoms with E-state index in [2.05, 4.69) is 0 Å². The summed E-state index contributed by atoms with van der Waals surface area (Å²) >= 11 is 0. The molecular formula is C21H40O8. The fourth-order valence-electron chi connectivity index (χ4n) is 2.31. The molecule has 0 heterocycles. The molecule has 8 nitrogen and oxygen atoms in total. The molecule has 2 unspecified atom stereocenters. The van der Waals surface area contributed by atoms with Crippen molar-refractivity contribution in [2.45, 2.75) is 111 Å². The third-order valence-corrected chi connectivity index (χ3v) is 4.04. The van der Waals surface area contributed by atoms with E-state index in [0.717, 1.165) is 25.7 Å². The normalized spacial score (nSPS) is 14.4.